The number of anilines is 1. The molecule has 0 spiro atoms. The summed E-state index contributed by atoms with van der Waals surface area (Å²) >= 11 is 2.49. The van der Waals surface area contributed by atoms with Crippen molar-refractivity contribution in [3.05, 3.63) is 58.2 Å². The van der Waals surface area contributed by atoms with Crippen LogP contribution < -0.4 is 45.7 Å². The average Bonchev–Trinajstić information content (AvgIpc) is 3.55. The Labute approximate surface area is 241 Å². The second kappa shape index (κ2) is 10.7. The summed E-state index contributed by atoms with van der Waals surface area (Å²) in [6.07, 6.45) is 1.52. The summed E-state index contributed by atoms with van der Waals surface area (Å²) in [5.41, 5.74) is 5.94. The number of benzene rings is 1. The molecule has 14 heteroatoms. The minimum atomic E-state index is -1.60. The number of aromatic nitrogens is 2. The van der Waals surface area contributed by atoms with Crippen molar-refractivity contribution < 1.29 is 53.9 Å². The third kappa shape index (κ3) is 4.57. The molecule has 3 N–H and O–H groups in total. The number of carbonyl (C=O) groups excluding carboxylic acids is 3. The summed E-state index contributed by atoms with van der Waals surface area (Å²) < 4.78 is 0. The Morgan fingerprint density at radius 3 is 2.68 bits per heavy atom. The van der Waals surface area contributed by atoms with Crippen molar-refractivity contribution in [2.24, 2.45) is 5.16 Å². The van der Waals surface area contributed by atoms with E-state index < -0.39 is 29.4 Å². The van der Waals surface area contributed by atoms with Crippen LogP contribution in [0.4, 0.5) is 5.13 Å². The molecule has 1 fully saturated rings. The van der Waals surface area contributed by atoms with E-state index in [1.807, 2.05) is 30.3 Å². The van der Waals surface area contributed by atoms with E-state index in [0.717, 1.165) is 33.0 Å². The molecular weight excluding hydrogens is 527 g/mol. The number of amides is 2. The van der Waals surface area contributed by atoms with Gasteiger partial charge in [-0.25, -0.2) is 9.97 Å². The number of nitrogens with two attached hydrogens (primary N) is 1. The molecule has 11 nitrogen and oxygen atoms in total. The Kier molecular flexibility index (Phi) is 7.80. The van der Waals surface area contributed by atoms with Crippen molar-refractivity contribution in [3.8, 4) is 10.6 Å². The SMILES string of the molecule is CO/N=C/C(=O)NC1(c2csc(N)n2)C(=O)N2C(C(=O)[O-])=C(c3csc(-c4ccccc4)n3)CCC21.[Na+]. The van der Waals surface area contributed by atoms with Crippen molar-refractivity contribution in [3.63, 3.8) is 0 Å². The van der Waals surface area contributed by atoms with E-state index in [1.54, 1.807) is 10.8 Å². The number of thiazole rings is 2. The maximum atomic E-state index is 13.7. The zero-order valence-corrected chi connectivity index (χ0v) is 23.5. The molecule has 0 aliphatic carbocycles. The van der Waals surface area contributed by atoms with Gasteiger partial charge in [-0.05, 0) is 12.8 Å². The van der Waals surface area contributed by atoms with E-state index in [9.17, 15) is 19.5 Å². The van der Waals surface area contributed by atoms with Gasteiger partial charge in [-0.3, -0.25) is 9.59 Å². The fraction of sp³-hybridized carbons (Fsp3) is 0.217. The molecular formula is C23H19N6NaO5S2. The van der Waals surface area contributed by atoms with Crippen LogP contribution in [-0.2, 0) is 24.8 Å². The summed E-state index contributed by atoms with van der Waals surface area (Å²) in [4.78, 5) is 53.1. The predicted octanol–water partition coefficient (Wildman–Crippen LogP) is -2.04. The number of nitrogens with one attached hydrogen (secondary N) is 1. The van der Waals surface area contributed by atoms with Gasteiger partial charge in [0.2, 0.25) is 0 Å². The van der Waals surface area contributed by atoms with Gasteiger partial charge in [0.25, 0.3) is 11.8 Å². The van der Waals surface area contributed by atoms with Crippen molar-refractivity contribution >= 4 is 57.4 Å². The molecule has 0 radical (unpaired) electrons. The summed E-state index contributed by atoms with van der Waals surface area (Å²) in [5, 5.41) is 22.7. The molecule has 2 aliphatic rings. The molecule has 184 valence electrons. The minimum Gasteiger partial charge on any atom is -0.543 e. The number of β-lactam (4-membered cyclic amide) rings is 1. The summed E-state index contributed by atoms with van der Waals surface area (Å²) in [5.74, 6) is -2.86. The van der Waals surface area contributed by atoms with Gasteiger partial charge in [-0.2, -0.15) is 0 Å². The second-order valence-electron chi connectivity index (χ2n) is 8.03. The maximum absolute atomic E-state index is 13.7. The van der Waals surface area contributed by atoms with Crippen LogP contribution in [-0.4, -0.2) is 52.0 Å². The molecule has 1 aromatic carbocycles. The molecule has 2 aromatic heterocycles. The number of oxime groups is 1. The first-order valence-corrected chi connectivity index (χ1v) is 12.5. The standard InChI is InChI=1S/C23H20N6O5S2.Na/c1-34-25-9-17(30)28-23(15-11-36-22(24)27-15)16-8-7-13(18(20(31)32)29(16)21(23)33)14-10-35-19(26-14)12-5-3-2-4-6-12;/h2-6,9-11,16H,7-8H2,1H3,(H2,24,27)(H,28,30)(H,31,32);/q;+1/p-1/b25-9+;. The molecule has 2 aliphatic heterocycles. The van der Waals surface area contributed by atoms with Gasteiger partial charge in [0.05, 0.1) is 29.1 Å². The van der Waals surface area contributed by atoms with E-state index in [2.05, 4.69) is 25.3 Å². The fourth-order valence-corrected chi connectivity index (χ4v) is 6.09. The van der Waals surface area contributed by atoms with Gasteiger partial charge in [0.15, 0.2) is 10.7 Å². The van der Waals surface area contributed by atoms with Gasteiger partial charge in [-0.15, -0.1) is 22.7 Å². The van der Waals surface area contributed by atoms with Crippen LogP contribution in [0.2, 0.25) is 0 Å². The number of hydrogen-bond acceptors (Lipinski definition) is 11. The van der Waals surface area contributed by atoms with E-state index >= 15 is 0 Å². The van der Waals surface area contributed by atoms with Gasteiger partial charge in [0.1, 0.15) is 18.3 Å². The Bertz CT molecular complexity index is 1420. The first-order chi connectivity index (χ1) is 17.4. The van der Waals surface area contributed by atoms with Crippen LogP contribution >= 0.6 is 22.7 Å². The number of rotatable bonds is 7. The Morgan fingerprint density at radius 1 is 1.27 bits per heavy atom. The molecule has 2 amide bonds. The van der Waals surface area contributed by atoms with Crippen molar-refractivity contribution in [2.75, 3.05) is 12.8 Å². The van der Waals surface area contributed by atoms with Gasteiger partial charge < -0.3 is 30.7 Å². The normalized spacial score (nSPS) is 20.7. The summed E-state index contributed by atoms with van der Waals surface area (Å²) in [6.45, 7) is 0. The second-order valence-corrected chi connectivity index (χ2v) is 9.78. The molecule has 2 unspecified atom stereocenters. The molecule has 0 bridgehead atoms. The molecule has 5 rings (SSSR count). The summed E-state index contributed by atoms with van der Waals surface area (Å²) in [6, 6.07) is 8.78. The third-order valence-electron chi connectivity index (χ3n) is 6.11. The average molecular weight is 547 g/mol. The largest absolute Gasteiger partial charge is 1.00 e. The molecule has 37 heavy (non-hydrogen) atoms. The molecule has 4 heterocycles. The Balaban J connectivity index is 0.00000320. The molecule has 3 aromatic rings. The number of hydrogen-bond donors (Lipinski definition) is 2. The van der Waals surface area contributed by atoms with Crippen LogP contribution in [0.15, 0.2) is 51.9 Å². The quantitative estimate of drug-likeness (QED) is 0.148. The maximum Gasteiger partial charge on any atom is 1.00 e. The number of carboxylic acids is 1. The number of nitrogens with zero attached hydrogens (tertiary/aromatic N) is 4. The number of fused-ring (bicyclic) bond motifs is 1. The zero-order valence-electron chi connectivity index (χ0n) is 19.8. The third-order valence-corrected chi connectivity index (χ3v) is 7.68. The monoisotopic (exact) mass is 546 g/mol. The van der Waals surface area contributed by atoms with Crippen LogP contribution in [0.5, 0.6) is 0 Å². The van der Waals surface area contributed by atoms with Crippen LogP contribution in [0, 0.1) is 0 Å². The smallest absolute Gasteiger partial charge is 0.543 e. The number of nitrogen functional groups attached to an aromatic ring is 1. The van der Waals surface area contributed by atoms with Crippen molar-refractivity contribution in [2.45, 2.75) is 24.4 Å². The Hall–Kier alpha value is -3.10. The summed E-state index contributed by atoms with van der Waals surface area (Å²) in [7, 11) is 1.28. The first kappa shape index (κ1) is 26.9. The van der Waals surface area contributed by atoms with Gasteiger partial charge in [0, 0.05) is 21.9 Å². The van der Waals surface area contributed by atoms with Gasteiger partial charge >= 0.3 is 29.6 Å². The van der Waals surface area contributed by atoms with Crippen LogP contribution in [0.25, 0.3) is 16.1 Å². The first-order valence-electron chi connectivity index (χ1n) is 10.8. The van der Waals surface area contributed by atoms with Crippen LogP contribution in [0.3, 0.4) is 0 Å². The van der Waals surface area contributed by atoms with E-state index in [4.69, 9.17) is 5.73 Å². The van der Waals surface area contributed by atoms with Gasteiger partial charge in [-0.1, -0.05) is 35.5 Å². The molecule has 1 saturated heterocycles. The van der Waals surface area contributed by atoms with Crippen molar-refractivity contribution in [1.29, 1.82) is 0 Å². The Morgan fingerprint density at radius 2 is 2.03 bits per heavy atom. The number of carboxylic acid groups (broad SMARTS) is 1. The van der Waals surface area contributed by atoms with Crippen molar-refractivity contribution in [1.82, 2.24) is 20.2 Å². The van der Waals surface area contributed by atoms with Crippen LogP contribution in [0.1, 0.15) is 24.2 Å². The van der Waals surface area contributed by atoms with E-state index in [-0.39, 0.29) is 46.1 Å². The molecule has 2 atom stereocenters. The minimum absolute atomic E-state index is 0. The molecule has 0 saturated carbocycles. The predicted molar refractivity (Wildman–Crippen MR) is 131 cm³/mol. The number of aliphatic carboxylic acids is 1. The number of allylic oxidation sites excluding steroid dienone is 1. The zero-order chi connectivity index (χ0) is 25.4. The van der Waals surface area contributed by atoms with E-state index in [1.165, 1.54) is 18.4 Å². The van der Waals surface area contributed by atoms with E-state index in [0.29, 0.717) is 24.1 Å². The topological polar surface area (TPSA) is 163 Å². The fourth-order valence-electron chi connectivity index (χ4n) is 4.62. The number of carbonyl (C=O) groups is 3.